The molecule has 2 aromatic rings. The normalized spacial score (nSPS) is 11.1. The van der Waals surface area contributed by atoms with E-state index in [1.54, 1.807) is 6.07 Å². The molecule has 0 bridgehead atoms. The predicted molar refractivity (Wildman–Crippen MR) is 104 cm³/mol. The second-order valence-corrected chi connectivity index (χ2v) is 8.23. The van der Waals surface area contributed by atoms with Gasteiger partial charge in [0.2, 0.25) is 10.0 Å². The van der Waals surface area contributed by atoms with Gasteiger partial charge in [0, 0.05) is 7.05 Å². The van der Waals surface area contributed by atoms with Gasteiger partial charge < -0.3 is 10.1 Å². The maximum absolute atomic E-state index is 12.3. The summed E-state index contributed by atoms with van der Waals surface area (Å²) in [5, 5.41) is 2.95. The standard InChI is InChI=1S/C18H21ClN2O4S/c1-13-4-7-15(8-5-13)25-11-10-20-18(22)16-12-14(6-9-17(16)19)21(2)26(3,23)24/h4-9,12H,10-11H2,1-3H3,(H,20,22). The fourth-order valence-corrected chi connectivity index (χ4v) is 2.84. The monoisotopic (exact) mass is 396 g/mol. The SMILES string of the molecule is Cc1ccc(OCCNC(=O)c2cc(N(C)S(C)(=O)=O)ccc2Cl)cc1. The highest BCUT2D eigenvalue weighted by Gasteiger charge is 2.16. The number of carbonyl (C=O) groups is 1. The average molecular weight is 397 g/mol. The van der Waals surface area contributed by atoms with Gasteiger partial charge in [0.05, 0.1) is 29.1 Å². The number of hydrogen-bond acceptors (Lipinski definition) is 4. The Morgan fingerprint density at radius 1 is 1.19 bits per heavy atom. The lowest BCUT2D eigenvalue weighted by Gasteiger charge is -2.18. The van der Waals surface area contributed by atoms with Crippen LogP contribution < -0.4 is 14.4 Å². The van der Waals surface area contributed by atoms with Crippen molar-refractivity contribution in [2.45, 2.75) is 6.92 Å². The molecule has 0 saturated carbocycles. The van der Waals surface area contributed by atoms with Crippen molar-refractivity contribution in [2.24, 2.45) is 0 Å². The minimum absolute atomic E-state index is 0.204. The van der Waals surface area contributed by atoms with E-state index in [0.717, 1.165) is 21.9 Å². The second-order valence-electron chi connectivity index (χ2n) is 5.81. The van der Waals surface area contributed by atoms with E-state index in [1.165, 1.54) is 19.2 Å². The molecular formula is C18H21ClN2O4S. The first kappa shape index (κ1) is 20.1. The van der Waals surface area contributed by atoms with E-state index in [4.69, 9.17) is 16.3 Å². The Labute approximate surface area is 158 Å². The first-order valence-electron chi connectivity index (χ1n) is 7.89. The van der Waals surface area contributed by atoms with Gasteiger partial charge in [-0.2, -0.15) is 0 Å². The topological polar surface area (TPSA) is 75.7 Å². The molecule has 0 aliphatic rings. The van der Waals surface area contributed by atoms with Crippen LogP contribution in [0.4, 0.5) is 5.69 Å². The molecule has 0 atom stereocenters. The third kappa shape index (κ3) is 5.37. The molecule has 0 unspecified atom stereocenters. The Hall–Kier alpha value is -2.25. The van der Waals surface area contributed by atoms with Crippen LogP contribution in [0.2, 0.25) is 5.02 Å². The lowest BCUT2D eigenvalue weighted by Crippen LogP contribution is -2.29. The Kier molecular flexibility index (Phi) is 6.50. The van der Waals surface area contributed by atoms with E-state index in [9.17, 15) is 13.2 Å². The molecular weight excluding hydrogens is 376 g/mol. The number of anilines is 1. The van der Waals surface area contributed by atoms with Crippen molar-refractivity contribution < 1.29 is 17.9 Å². The Morgan fingerprint density at radius 2 is 1.85 bits per heavy atom. The fourth-order valence-electron chi connectivity index (χ4n) is 2.14. The van der Waals surface area contributed by atoms with E-state index in [-0.39, 0.29) is 17.1 Å². The zero-order chi connectivity index (χ0) is 19.3. The molecule has 1 amide bonds. The number of carbonyl (C=O) groups excluding carboxylic acids is 1. The highest BCUT2D eigenvalue weighted by Crippen LogP contribution is 2.24. The first-order chi connectivity index (χ1) is 12.2. The third-order valence-corrected chi connectivity index (χ3v) is 5.27. The summed E-state index contributed by atoms with van der Waals surface area (Å²) < 4.78 is 29.9. The summed E-state index contributed by atoms with van der Waals surface area (Å²) in [5.74, 6) is 0.325. The highest BCUT2D eigenvalue weighted by molar-refractivity contribution is 7.92. The zero-order valence-corrected chi connectivity index (χ0v) is 16.4. The molecule has 0 spiro atoms. The number of benzene rings is 2. The minimum Gasteiger partial charge on any atom is -0.492 e. The number of ether oxygens (including phenoxy) is 1. The zero-order valence-electron chi connectivity index (χ0n) is 14.8. The number of rotatable bonds is 7. The van der Waals surface area contributed by atoms with Crippen LogP contribution in [-0.4, -0.2) is 40.8 Å². The van der Waals surface area contributed by atoms with Crippen LogP contribution >= 0.6 is 11.6 Å². The number of nitrogens with zero attached hydrogens (tertiary/aromatic N) is 1. The van der Waals surface area contributed by atoms with Crippen molar-refractivity contribution >= 4 is 33.2 Å². The third-order valence-electron chi connectivity index (χ3n) is 3.73. The molecule has 26 heavy (non-hydrogen) atoms. The maximum atomic E-state index is 12.3. The number of hydrogen-bond donors (Lipinski definition) is 1. The van der Waals surface area contributed by atoms with E-state index in [2.05, 4.69) is 5.32 Å². The summed E-state index contributed by atoms with van der Waals surface area (Å²) in [6.45, 7) is 2.58. The molecule has 0 aliphatic heterocycles. The smallest absolute Gasteiger partial charge is 0.252 e. The predicted octanol–water partition coefficient (Wildman–Crippen LogP) is 2.85. The summed E-state index contributed by atoms with van der Waals surface area (Å²) in [6.07, 6.45) is 1.09. The quantitative estimate of drug-likeness (QED) is 0.730. The molecule has 0 aromatic heterocycles. The van der Waals surface area contributed by atoms with Crippen LogP contribution in [-0.2, 0) is 10.0 Å². The van der Waals surface area contributed by atoms with Gasteiger partial charge in [-0.1, -0.05) is 29.3 Å². The summed E-state index contributed by atoms with van der Waals surface area (Å²) in [4.78, 5) is 12.3. The van der Waals surface area contributed by atoms with Gasteiger partial charge in [0.1, 0.15) is 12.4 Å². The molecule has 8 heteroatoms. The van der Waals surface area contributed by atoms with Gasteiger partial charge in [-0.15, -0.1) is 0 Å². The summed E-state index contributed by atoms with van der Waals surface area (Å²) in [6, 6.07) is 12.1. The summed E-state index contributed by atoms with van der Waals surface area (Å²) in [7, 11) is -2.01. The number of aryl methyl sites for hydroxylation is 1. The Morgan fingerprint density at radius 3 is 2.46 bits per heavy atom. The van der Waals surface area contributed by atoms with E-state index >= 15 is 0 Å². The molecule has 140 valence electrons. The van der Waals surface area contributed by atoms with Gasteiger partial charge in [-0.05, 0) is 37.3 Å². The Balaban J connectivity index is 1.97. The molecule has 6 nitrogen and oxygen atoms in total. The van der Waals surface area contributed by atoms with Crippen molar-refractivity contribution in [1.82, 2.24) is 5.32 Å². The molecule has 0 radical (unpaired) electrons. The lowest BCUT2D eigenvalue weighted by molar-refractivity contribution is 0.0947. The van der Waals surface area contributed by atoms with Crippen molar-refractivity contribution in [2.75, 3.05) is 30.8 Å². The van der Waals surface area contributed by atoms with Crippen LogP contribution in [0.25, 0.3) is 0 Å². The van der Waals surface area contributed by atoms with Gasteiger partial charge >= 0.3 is 0 Å². The minimum atomic E-state index is -3.43. The van der Waals surface area contributed by atoms with Gasteiger partial charge in [0.15, 0.2) is 0 Å². The number of sulfonamides is 1. The number of nitrogens with one attached hydrogen (secondary N) is 1. The largest absolute Gasteiger partial charge is 0.492 e. The molecule has 0 heterocycles. The van der Waals surface area contributed by atoms with Crippen LogP contribution in [0, 0.1) is 6.92 Å². The van der Waals surface area contributed by atoms with Crippen molar-refractivity contribution in [3.05, 3.63) is 58.6 Å². The van der Waals surface area contributed by atoms with E-state index in [0.29, 0.717) is 12.3 Å². The van der Waals surface area contributed by atoms with Gasteiger partial charge in [-0.25, -0.2) is 8.42 Å². The molecule has 1 N–H and O–H groups in total. The molecule has 0 aliphatic carbocycles. The fraction of sp³-hybridized carbons (Fsp3) is 0.278. The van der Waals surface area contributed by atoms with E-state index < -0.39 is 15.9 Å². The second kappa shape index (κ2) is 8.42. The van der Waals surface area contributed by atoms with Crippen molar-refractivity contribution in [3.63, 3.8) is 0 Å². The molecule has 2 rings (SSSR count). The van der Waals surface area contributed by atoms with Crippen molar-refractivity contribution in [1.29, 1.82) is 0 Å². The van der Waals surface area contributed by atoms with Crippen molar-refractivity contribution in [3.8, 4) is 5.75 Å². The first-order valence-corrected chi connectivity index (χ1v) is 10.1. The van der Waals surface area contributed by atoms with Gasteiger partial charge in [0.25, 0.3) is 5.91 Å². The van der Waals surface area contributed by atoms with Gasteiger partial charge in [-0.3, -0.25) is 9.10 Å². The van der Waals surface area contributed by atoms with Crippen LogP contribution in [0.5, 0.6) is 5.75 Å². The number of halogens is 1. The summed E-state index contributed by atoms with van der Waals surface area (Å²) in [5.41, 5.74) is 1.70. The highest BCUT2D eigenvalue weighted by atomic mass is 35.5. The Bertz CT molecular complexity index is 883. The van der Waals surface area contributed by atoms with Crippen LogP contribution in [0.3, 0.4) is 0 Å². The van der Waals surface area contributed by atoms with E-state index in [1.807, 2.05) is 31.2 Å². The lowest BCUT2D eigenvalue weighted by atomic mass is 10.2. The number of amides is 1. The summed E-state index contributed by atoms with van der Waals surface area (Å²) >= 11 is 6.07. The average Bonchev–Trinajstić information content (AvgIpc) is 2.59. The molecule has 0 fully saturated rings. The maximum Gasteiger partial charge on any atom is 0.252 e. The van der Waals surface area contributed by atoms with Crippen LogP contribution in [0.15, 0.2) is 42.5 Å². The molecule has 0 saturated heterocycles. The molecule has 2 aromatic carbocycles. The van der Waals surface area contributed by atoms with Crippen LogP contribution in [0.1, 0.15) is 15.9 Å².